The van der Waals surface area contributed by atoms with E-state index in [1.807, 2.05) is 12.1 Å². The third-order valence-electron chi connectivity index (χ3n) is 2.06. The molecule has 0 aliphatic carbocycles. The first-order valence-electron chi connectivity index (χ1n) is 3.96. The fourth-order valence-corrected chi connectivity index (χ4v) is 1.39. The maximum atomic E-state index is 9.09. The van der Waals surface area contributed by atoms with Crippen molar-refractivity contribution in [2.45, 2.75) is 12.6 Å². The Labute approximate surface area is 70.8 Å². The Morgan fingerprint density at radius 1 is 1.50 bits per heavy atom. The van der Waals surface area contributed by atoms with E-state index in [9.17, 15) is 0 Å². The van der Waals surface area contributed by atoms with Gasteiger partial charge in [0, 0.05) is 6.42 Å². The Hall–Kier alpha value is -1.06. The molecule has 0 fully saturated rings. The van der Waals surface area contributed by atoms with Gasteiger partial charge in [-0.3, -0.25) is 0 Å². The van der Waals surface area contributed by atoms with Crippen LogP contribution in [0.1, 0.15) is 17.4 Å². The van der Waals surface area contributed by atoms with Gasteiger partial charge in [0.2, 0.25) is 0 Å². The van der Waals surface area contributed by atoms with Crippen molar-refractivity contribution < 1.29 is 9.84 Å². The van der Waals surface area contributed by atoms with E-state index >= 15 is 0 Å². The second-order valence-corrected chi connectivity index (χ2v) is 2.91. The van der Waals surface area contributed by atoms with Gasteiger partial charge in [0.1, 0.15) is 12.0 Å². The first-order valence-corrected chi connectivity index (χ1v) is 3.96. The van der Waals surface area contributed by atoms with Crippen LogP contribution in [-0.2, 0) is 6.42 Å². The average Bonchev–Trinajstić information content (AvgIpc) is 2.49. The molecule has 1 atom stereocenters. The zero-order valence-corrected chi connectivity index (χ0v) is 6.66. The van der Waals surface area contributed by atoms with E-state index in [4.69, 9.17) is 15.6 Å². The van der Waals surface area contributed by atoms with Gasteiger partial charge in [0.25, 0.3) is 0 Å². The molecule has 0 saturated carbocycles. The number of ether oxygens (including phenoxy) is 1. The quantitative estimate of drug-likeness (QED) is 0.598. The molecule has 1 aromatic carbocycles. The highest BCUT2D eigenvalue weighted by Gasteiger charge is 2.13. The van der Waals surface area contributed by atoms with E-state index in [2.05, 4.69) is 0 Å². The van der Waals surface area contributed by atoms with Gasteiger partial charge in [-0.25, -0.2) is 0 Å². The molecular formula is C9H11NO2. The van der Waals surface area contributed by atoms with Crippen LogP contribution in [0.5, 0.6) is 5.75 Å². The molecule has 1 unspecified atom stereocenters. The summed E-state index contributed by atoms with van der Waals surface area (Å²) in [5, 5.41) is 9.09. The van der Waals surface area contributed by atoms with Gasteiger partial charge >= 0.3 is 0 Å². The smallest absolute Gasteiger partial charge is 0.128 e. The van der Waals surface area contributed by atoms with E-state index in [-0.39, 0.29) is 0 Å². The summed E-state index contributed by atoms with van der Waals surface area (Å²) in [6.07, 6.45) is 0.0338. The monoisotopic (exact) mass is 165 g/mol. The minimum absolute atomic E-state index is 0.736. The second-order valence-electron chi connectivity index (χ2n) is 2.91. The minimum Gasteiger partial charge on any atom is -0.493 e. The van der Waals surface area contributed by atoms with Crippen molar-refractivity contribution in [1.29, 1.82) is 0 Å². The van der Waals surface area contributed by atoms with Crippen molar-refractivity contribution in [3.63, 3.8) is 0 Å². The predicted octanol–water partition coefficient (Wildman–Crippen LogP) is 0.571. The Bertz CT molecular complexity index is 297. The molecule has 0 spiro atoms. The Morgan fingerprint density at radius 3 is 3.08 bits per heavy atom. The molecule has 2 rings (SSSR count). The van der Waals surface area contributed by atoms with Crippen LogP contribution in [0.3, 0.4) is 0 Å². The van der Waals surface area contributed by atoms with Gasteiger partial charge < -0.3 is 15.6 Å². The summed E-state index contributed by atoms with van der Waals surface area (Å²) in [5.74, 6) is 0.916. The number of fused-ring (bicyclic) bond motifs is 1. The molecule has 0 saturated heterocycles. The van der Waals surface area contributed by atoms with E-state index in [0.29, 0.717) is 0 Å². The van der Waals surface area contributed by atoms with Gasteiger partial charge in [0.15, 0.2) is 0 Å². The molecule has 12 heavy (non-hydrogen) atoms. The lowest BCUT2D eigenvalue weighted by atomic mass is 10.1. The Morgan fingerprint density at radius 2 is 2.33 bits per heavy atom. The molecule has 1 aliphatic heterocycles. The lowest BCUT2D eigenvalue weighted by Crippen LogP contribution is -2.08. The molecule has 1 heterocycles. The third-order valence-corrected chi connectivity index (χ3v) is 2.06. The molecule has 0 radical (unpaired) electrons. The summed E-state index contributed by atoms with van der Waals surface area (Å²) in [7, 11) is 0. The lowest BCUT2D eigenvalue weighted by Gasteiger charge is -2.05. The van der Waals surface area contributed by atoms with Crippen LogP contribution in [0.2, 0.25) is 0 Å². The Balaban J connectivity index is 2.39. The second kappa shape index (κ2) is 2.77. The third kappa shape index (κ3) is 1.17. The molecule has 3 N–H and O–H groups in total. The number of aliphatic hydroxyl groups excluding tert-OH is 1. The van der Waals surface area contributed by atoms with Crippen LogP contribution in [0.4, 0.5) is 0 Å². The number of nitrogens with two attached hydrogens (primary N) is 1. The number of aliphatic hydroxyl groups is 1. The zero-order valence-electron chi connectivity index (χ0n) is 6.66. The molecule has 3 nitrogen and oxygen atoms in total. The summed E-state index contributed by atoms with van der Waals surface area (Å²) in [5.41, 5.74) is 7.21. The van der Waals surface area contributed by atoms with Crippen molar-refractivity contribution in [2.24, 2.45) is 5.73 Å². The SMILES string of the molecule is NC(O)c1ccc2c(c1)CCO2. The predicted molar refractivity (Wildman–Crippen MR) is 44.8 cm³/mol. The molecule has 0 bridgehead atoms. The van der Waals surface area contributed by atoms with Gasteiger partial charge in [0.05, 0.1) is 6.61 Å². The highest BCUT2D eigenvalue weighted by Crippen LogP contribution is 2.26. The Kier molecular flexibility index (Phi) is 1.75. The summed E-state index contributed by atoms with van der Waals surface area (Å²) in [6.45, 7) is 0.736. The van der Waals surface area contributed by atoms with Crippen molar-refractivity contribution in [3.05, 3.63) is 29.3 Å². The minimum atomic E-state index is -0.879. The van der Waals surface area contributed by atoms with Gasteiger partial charge in [-0.05, 0) is 23.3 Å². The summed E-state index contributed by atoms with van der Waals surface area (Å²) in [4.78, 5) is 0. The molecule has 1 aliphatic rings. The van der Waals surface area contributed by atoms with Crippen molar-refractivity contribution in [1.82, 2.24) is 0 Å². The van der Waals surface area contributed by atoms with Gasteiger partial charge in [-0.1, -0.05) is 6.07 Å². The fraction of sp³-hybridized carbons (Fsp3) is 0.333. The molecule has 3 heteroatoms. The molecule has 0 aromatic heterocycles. The number of hydrogen-bond donors (Lipinski definition) is 2. The van der Waals surface area contributed by atoms with Crippen molar-refractivity contribution >= 4 is 0 Å². The first-order chi connectivity index (χ1) is 5.77. The van der Waals surface area contributed by atoms with E-state index < -0.39 is 6.23 Å². The van der Waals surface area contributed by atoms with E-state index in [1.54, 1.807) is 6.07 Å². The maximum Gasteiger partial charge on any atom is 0.128 e. The average molecular weight is 165 g/mol. The molecular weight excluding hydrogens is 154 g/mol. The first kappa shape index (κ1) is 7.58. The fourth-order valence-electron chi connectivity index (χ4n) is 1.39. The van der Waals surface area contributed by atoms with Gasteiger partial charge in [-0.15, -0.1) is 0 Å². The van der Waals surface area contributed by atoms with Gasteiger partial charge in [-0.2, -0.15) is 0 Å². The van der Waals surface area contributed by atoms with Crippen molar-refractivity contribution in [3.8, 4) is 5.75 Å². The van der Waals surface area contributed by atoms with Crippen LogP contribution in [0, 0.1) is 0 Å². The maximum absolute atomic E-state index is 9.09. The van der Waals surface area contributed by atoms with Crippen LogP contribution >= 0.6 is 0 Å². The number of rotatable bonds is 1. The lowest BCUT2D eigenvalue weighted by molar-refractivity contribution is 0.186. The topological polar surface area (TPSA) is 55.5 Å². The summed E-state index contributed by atoms with van der Waals surface area (Å²) < 4.78 is 5.31. The van der Waals surface area contributed by atoms with Crippen LogP contribution in [0.25, 0.3) is 0 Å². The number of benzene rings is 1. The largest absolute Gasteiger partial charge is 0.493 e. The summed E-state index contributed by atoms with van der Waals surface area (Å²) >= 11 is 0. The normalized spacial score (nSPS) is 16.8. The highest BCUT2D eigenvalue weighted by molar-refractivity contribution is 5.40. The molecule has 64 valence electrons. The van der Waals surface area contributed by atoms with E-state index in [0.717, 1.165) is 29.9 Å². The van der Waals surface area contributed by atoms with Crippen LogP contribution < -0.4 is 10.5 Å². The van der Waals surface area contributed by atoms with Crippen molar-refractivity contribution in [2.75, 3.05) is 6.61 Å². The van der Waals surface area contributed by atoms with Crippen LogP contribution in [-0.4, -0.2) is 11.7 Å². The van der Waals surface area contributed by atoms with Crippen LogP contribution in [0.15, 0.2) is 18.2 Å². The standard InChI is InChI=1S/C9H11NO2/c10-9(11)7-1-2-8-6(5-7)3-4-12-8/h1-2,5,9,11H,3-4,10H2. The van der Waals surface area contributed by atoms with E-state index in [1.165, 1.54) is 0 Å². The summed E-state index contributed by atoms with van der Waals surface area (Å²) in [6, 6.07) is 5.54. The molecule has 0 amide bonds. The molecule has 1 aromatic rings. The highest BCUT2D eigenvalue weighted by atomic mass is 16.5. The zero-order chi connectivity index (χ0) is 8.55. The number of hydrogen-bond acceptors (Lipinski definition) is 3.